The van der Waals surface area contributed by atoms with E-state index < -0.39 is 0 Å². The molecule has 0 atom stereocenters. The number of hydrogen-bond acceptors (Lipinski definition) is 2. The molecule has 0 bridgehead atoms. The van der Waals surface area contributed by atoms with Gasteiger partial charge in [0.1, 0.15) is 5.69 Å². The Morgan fingerprint density at radius 1 is 1.29 bits per heavy atom. The maximum Gasteiger partial charge on any atom is 0.114 e. The fraction of sp³-hybridized carbons (Fsp3) is 0.556. The van der Waals surface area contributed by atoms with Crippen molar-refractivity contribution in [1.82, 2.24) is 15.2 Å². The molecule has 0 unspecified atom stereocenters. The Balaban J connectivity index is 1.96. The van der Waals surface area contributed by atoms with E-state index in [1.807, 2.05) is 6.20 Å². The molecule has 2 aromatic rings. The van der Waals surface area contributed by atoms with Gasteiger partial charge in [0.05, 0.1) is 5.69 Å². The van der Waals surface area contributed by atoms with E-state index in [0.29, 0.717) is 5.92 Å². The summed E-state index contributed by atoms with van der Waals surface area (Å²) in [6.45, 7) is 9.11. The third-order valence-electron chi connectivity index (χ3n) is 4.46. The maximum absolute atomic E-state index is 4.67. The Bertz CT molecular complexity index is 620. The summed E-state index contributed by atoms with van der Waals surface area (Å²) >= 11 is 0. The summed E-state index contributed by atoms with van der Waals surface area (Å²) < 4.78 is 0. The topological polar surface area (TPSA) is 41.6 Å². The molecule has 3 rings (SSSR count). The number of rotatable bonds is 3. The van der Waals surface area contributed by atoms with Crippen LogP contribution in [-0.4, -0.2) is 15.2 Å². The van der Waals surface area contributed by atoms with Gasteiger partial charge in [-0.25, -0.2) is 0 Å². The first-order chi connectivity index (χ1) is 9.97. The number of nitrogens with one attached hydrogen (secondary N) is 1. The number of fused-ring (bicyclic) bond motifs is 1. The predicted molar refractivity (Wildman–Crippen MR) is 86.3 cm³/mol. The molecule has 2 heterocycles. The summed E-state index contributed by atoms with van der Waals surface area (Å²) in [6, 6.07) is 4.32. The number of pyridine rings is 1. The van der Waals surface area contributed by atoms with E-state index in [-0.39, 0.29) is 5.41 Å². The molecular formula is C18H25N3. The lowest BCUT2D eigenvalue weighted by Crippen LogP contribution is -2.23. The van der Waals surface area contributed by atoms with Gasteiger partial charge in [-0.05, 0) is 48.6 Å². The number of nitrogens with zero attached hydrogens (tertiary/aromatic N) is 2. The molecule has 0 amide bonds. The average Bonchev–Trinajstić information content (AvgIpc) is 2.84. The Labute approximate surface area is 127 Å². The van der Waals surface area contributed by atoms with Crippen LogP contribution in [0.15, 0.2) is 18.3 Å². The summed E-state index contributed by atoms with van der Waals surface area (Å²) in [5, 5.41) is 7.80. The van der Waals surface area contributed by atoms with Crippen molar-refractivity contribution in [2.75, 3.05) is 0 Å². The summed E-state index contributed by atoms with van der Waals surface area (Å²) in [7, 11) is 0. The summed E-state index contributed by atoms with van der Waals surface area (Å²) in [5.74, 6) is 0.662. The highest BCUT2D eigenvalue weighted by atomic mass is 15.1. The minimum atomic E-state index is 0.189. The smallest absolute Gasteiger partial charge is 0.114 e. The Morgan fingerprint density at radius 2 is 2.10 bits per heavy atom. The average molecular weight is 283 g/mol. The van der Waals surface area contributed by atoms with Gasteiger partial charge in [-0.1, -0.05) is 33.8 Å². The molecule has 0 fully saturated rings. The minimum Gasteiger partial charge on any atom is -0.282 e. The van der Waals surface area contributed by atoms with E-state index in [9.17, 15) is 0 Å². The predicted octanol–water partition coefficient (Wildman–Crippen LogP) is 4.28. The van der Waals surface area contributed by atoms with Crippen LogP contribution in [0.25, 0.3) is 11.4 Å². The lowest BCUT2D eigenvalue weighted by molar-refractivity contribution is 0.431. The zero-order valence-electron chi connectivity index (χ0n) is 13.5. The van der Waals surface area contributed by atoms with Crippen molar-refractivity contribution in [2.45, 2.75) is 58.8 Å². The van der Waals surface area contributed by atoms with Crippen LogP contribution in [0.4, 0.5) is 0 Å². The largest absolute Gasteiger partial charge is 0.282 e. The van der Waals surface area contributed by atoms with Crippen molar-refractivity contribution in [2.24, 2.45) is 5.92 Å². The van der Waals surface area contributed by atoms with Crippen LogP contribution in [0.3, 0.4) is 0 Å². The highest BCUT2D eigenvalue weighted by Gasteiger charge is 2.33. The lowest BCUT2D eigenvalue weighted by atomic mass is 9.74. The highest BCUT2D eigenvalue weighted by Crippen LogP contribution is 2.40. The second-order valence-corrected chi connectivity index (χ2v) is 7.31. The zero-order valence-corrected chi connectivity index (χ0v) is 13.5. The molecule has 3 nitrogen and oxygen atoms in total. The normalized spacial score (nSPS) is 17.0. The number of aryl methyl sites for hydroxylation is 1. The third-order valence-corrected chi connectivity index (χ3v) is 4.46. The van der Waals surface area contributed by atoms with Crippen molar-refractivity contribution >= 4 is 0 Å². The molecule has 0 aromatic carbocycles. The summed E-state index contributed by atoms with van der Waals surface area (Å²) in [6.07, 6.45) is 6.65. The van der Waals surface area contributed by atoms with Crippen LogP contribution in [0.2, 0.25) is 0 Å². The SMILES string of the molecule is CC(C)Cc1ccc(-c2n[nH]c3c2C(C)(C)CCC3)nc1. The Hall–Kier alpha value is -1.64. The van der Waals surface area contributed by atoms with E-state index in [0.717, 1.165) is 24.2 Å². The second kappa shape index (κ2) is 5.28. The molecule has 3 heteroatoms. The number of aromatic amines is 1. The molecule has 21 heavy (non-hydrogen) atoms. The van der Waals surface area contributed by atoms with Crippen molar-refractivity contribution in [3.8, 4) is 11.4 Å². The van der Waals surface area contributed by atoms with Crippen LogP contribution < -0.4 is 0 Å². The zero-order chi connectivity index (χ0) is 15.0. The van der Waals surface area contributed by atoms with Crippen molar-refractivity contribution in [1.29, 1.82) is 0 Å². The first kappa shape index (κ1) is 14.3. The van der Waals surface area contributed by atoms with Gasteiger partial charge >= 0.3 is 0 Å². The van der Waals surface area contributed by atoms with Gasteiger partial charge in [-0.2, -0.15) is 5.10 Å². The van der Waals surface area contributed by atoms with Gasteiger partial charge in [-0.15, -0.1) is 0 Å². The monoisotopic (exact) mass is 283 g/mol. The second-order valence-electron chi connectivity index (χ2n) is 7.31. The Kier molecular flexibility index (Phi) is 3.60. The van der Waals surface area contributed by atoms with Crippen molar-refractivity contribution < 1.29 is 0 Å². The summed E-state index contributed by atoms with van der Waals surface area (Å²) in [5.41, 5.74) is 6.21. The molecular weight excluding hydrogens is 258 g/mol. The minimum absolute atomic E-state index is 0.189. The van der Waals surface area contributed by atoms with E-state index in [1.165, 1.54) is 29.7 Å². The van der Waals surface area contributed by atoms with Gasteiger partial charge in [-0.3, -0.25) is 10.1 Å². The van der Waals surface area contributed by atoms with Crippen LogP contribution in [0.1, 0.15) is 57.4 Å². The molecule has 0 radical (unpaired) electrons. The third kappa shape index (κ3) is 2.74. The van der Waals surface area contributed by atoms with Gasteiger partial charge in [0.2, 0.25) is 0 Å². The Morgan fingerprint density at radius 3 is 2.76 bits per heavy atom. The number of aromatic nitrogens is 3. The van der Waals surface area contributed by atoms with Crippen molar-refractivity contribution in [3.63, 3.8) is 0 Å². The number of H-pyrrole nitrogens is 1. The van der Waals surface area contributed by atoms with Crippen LogP contribution >= 0.6 is 0 Å². The number of hydrogen-bond donors (Lipinski definition) is 1. The van der Waals surface area contributed by atoms with Crippen molar-refractivity contribution in [3.05, 3.63) is 35.2 Å². The van der Waals surface area contributed by atoms with Gasteiger partial charge in [0.25, 0.3) is 0 Å². The molecule has 112 valence electrons. The fourth-order valence-corrected chi connectivity index (χ4v) is 3.46. The first-order valence-electron chi connectivity index (χ1n) is 8.00. The van der Waals surface area contributed by atoms with Crippen LogP contribution in [0.5, 0.6) is 0 Å². The van der Waals surface area contributed by atoms with Gasteiger partial charge in [0, 0.05) is 17.5 Å². The van der Waals surface area contributed by atoms with E-state index in [1.54, 1.807) is 0 Å². The quantitative estimate of drug-likeness (QED) is 0.913. The molecule has 2 aromatic heterocycles. The molecule has 0 spiro atoms. The van der Waals surface area contributed by atoms with E-state index in [4.69, 9.17) is 0 Å². The molecule has 0 saturated carbocycles. The van der Waals surface area contributed by atoms with E-state index >= 15 is 0 Å². The molecule has 1 aliphatic carbocycles. The molecule has 0 saturated heterocycles. The summed E-state index contributed by atoms with van der Waals surface area (Å²) in [4.78, 5) is 4.67. The lowest BCUT2D eigenvalue weighted by Gasteiger charge is -2.30. The molecule has 1 N–H and O–H groups in total. The molecule has 0 aliphatic heterocycles. The van der Waals surface area contributed by atoms with Crippen LogP contribution in [0, 0.1) is 5.92 Å². The highest BCUT2D eigenvalue weighted by molar-refractivity contribution is 5.62. The maximum atomic E-state index is 4.67. The standard InChI is InChI=1S/C18H25N3/c1-12(2)10-13-7-8-15(19-11-13)17-16-14(20-21-17)6-5-9-18(16,3)4/h7-8,11-12H,5-6,9-10H2,1-4H3,(H,20,21). The van der Waals surface area contributed by atoms with Gasteiger partial charge < -0.3 is 0 Å². The first-order valence-corrected chi connectivity index (χ1v) is 8.00. The van der Waals surface area contributed by atoms with E-state index in [2.05, 4.69) is 55.0 Å². The van der Waals surface area contributed by atoms with Gasteiger partial charge in [0.15, 0.2) is 0 Å². The fourth-order valence-electron chi connectivity index (χ4n) is 3.46. The van der Waals surface area contributed by atoms with Crippen LogP contribution in [-0.2, 0) is 18.3 Å². The molecule has 1 aliphatic rings.